The van der Waals surface area contributed by atoms with E-state index >= 15 is 0 Å². The predicted octanol–water partition coefficient (Wildman–Crippen LogP) is 3.13. The van der Waals surface area contributed by atoms with Gasteiger partial charge in [-0.1, -0.05) is 30.8 Å². The zero-order chi connectivity index (χ0) is 13.8. The summed E-state index contributed by atoms with van der Waals surface area (Å²) < 4.78 is 15.3. The van der Waals surface area contributed by atoms with Gasteiger partial charge in [-0.25, -0.2) is 9.37 Å². The van der Waals surface area contributed by atoms with Crippen molar-refractivity contribution in [2.45, 2.75) is 29.8 Å². The van der Waals surface area contributed by atoms with Crippen molar-refractivity contribution in [2.24, 2.45) is 12.8 Å². The first-order chi connectivity index (χ1) is 9.11. The molecule has 0 spiro atoms. The maximum atomic E-state index is 13.4. The van der Waals surface area contributed by atoms with Gasteiger partial charge in [-0.05, 0) is 24.1 Å². The predicted molar refractivity (Wildman–Crippen MR) is 76.5 cm³/mol. The third-order valence-corrected chi connectivity index (χ3v) is 4.53. The van der Waals surface area contributed by atoms with E-state index in [-0.39, 0.29) is 17.1 Å². The van der Waals surface area contributed by atoms with Crippen LogP contribution in [-0.4, -0.2) is 15.6 Å². The molecule has 0 bridgehead atoms. The highest BCUT2D eigenvalue weighted by Crippen LogP contribution is 2.37. The second-order valence-electron chi connectivity index (χ2n) is 4.49. The Hall–Kier alpha value is -1.33. The minimum Gasteiger partial charge on any atom is -0.329 e. The van der Waals surface area contributed by atoms with Gasteiger partial charge in [0.2, 0.25) is 0 Å². The molecule has 0 fully saturated rings. The highest BCUT2D eigenvalue weighted by atomic mass is 32.2. The van der Waals surface area contributed by atoms with E-state index in [2.05, 4.69) is 4.98 Å². The number of nitrogens with zero attached hydrogens (tertiary/aromatic N) is 2. The van der Waals surface area contributed by atoms with Gasteiger partial charge in [-0.15, -0.1) is 0 Å². The first-order valence-corrected chi connectivity index (χ1v) is 7.14. The Morgan fingerprint density at radius 3 is 2.84 bits per heavy atom. The summed E-state index contributed by atoms with van der Waals surface area (Å²) in [6, 6.07) is 6.60. The molecule has 0 amide bonds. The zero-order valence-electron chi connectivity index (χ0n) is 11.1. The van der Waals surface area contributed by atoms with Crippen LogP contribution >= 0.6 is 11.8 Å². The molecule has 0 aliphatic heterocycles. The fourth-order valence-electron chi connectivity index (χ4n) is 1.88. The Labute approximate surface area is 117 Å². The van der Waals surface area contributed by atoms with E-state index in [4.69, 9.17) is 5.73 Å². The number of hydrogen-bond acceptors (Lipinski definition) is 3. The largest absolute Gasteiger partial charge is 0.329 e. The minimum absolute atomic E-state index is 0.00167. The van der Waals surface area contributed by atoms with E-state index in [1.165, 1.54) is 6.07 Å². The number of hydrogen-bond donors (Lipinski definition) is 1. The normalized spacial score (nSPS) is 14.3. The Balaban J connectivity index is 2.29. The van der Waals surface area contributed by atoms with Gasteiger partial charge in [0.1, 0.15) is 5.82 Å². The summed E-state index contributed by atoms with van der Waals surface area (Å²) in [5, 5.41) is 0.889. The van der Waals surface area contributed by atoms with Crippen LogP contribution in [0.2, 0.25) is 0 Å². The van der Waals surface area contributed by atoms with E-state index < -0.39 is 0 Å². The number of aryl methyl sites for hydroxylation is 1. The molecule has 1 aromatic carbocycles. The van der Waals surface area contributed by atoms with Gasteiger partial charge in [0.25, 0.3) is 0 Å². The lowest BCUT2D eigenvalue weighted by Gasteiger charge is -2.22. The lowest BCUT2D eigenvalue weighted by atomic mass is 10.0. The molecule has 1 heterocycles. The lowest BCUT2D eigenvalue weighted by Crippen LogP contribution is -2.26. The Kier molecular flexibility index (Phi) is 4.61. The first kappa shape index (κ1) is 14.1. The van der Waals surface area contributed by atoms with Crippen molar-refractivity contribution in [1.29, 1.82) is 0 Å². The van der Waals surface area contributed by atoms with E-state index in [1.54, 1.807) is 30.1 Å². The Morgan fingerprint density at radius 1 is 1.47 bits per heavy atom. The molecule has 0 aliphatic rings. The van der Waals surface area contributed by atoms with Crippen LogP contribution in [0.4, 0.5) is 4.39 Å². The number of thioether (sulfide) groups is 1. The number of nitrogens with two attached hydrogens (primary N) is 1. The van der Waals surface area contributed by atoms with Crippen LogP contribution in [0.25, 0.3) is 0 Å². The maximum Gasteiger partial charge on any atom is 0.168 e. The molecule has 102 valence electrons. The number of imidazole rings is 1. The number of halogens is 1. The van der Waals surface area contributed by atoms with Crippen molar-refractivity contribution >= 4 is 11.8 Å². The molecule has 1 aromatic heterocycles. The number of rotatable bonds is 5. The van der Waals surface area contributed by atoms with Crippen LogP contribution in [0.5, 0.6) is 0 Å². The van der Waals surface area contributed by atoms with Crippen molar-refractivity contribution in [3.05, 3.63) is 48.0 Å². The van der Waals surface area contributed by atoms with Crippen LogP contribution in [0.3, 0.4) is 0 Å². The first-order valence-electron chi connectivity index (χ1n) is 6.27. The quantitative estimate of drug-likeness (QED) is 0.855. The van der Waals surface area contributed by atoms with Gasteiger partial charge in [0.15, 0.2) is 5.16 Å². The fourth-order valence-corrected chi connectivity index (χ4v) is 3.11. The third-order valence-electron chi connectivity index (χ3n) is 3.05. The molecule has 19 heavy (non-hydrogen) atoms. The average molecular weight is 279 g/mol. The van der Waals surface area contributed by atoms with Crippen LogP contribution in [0.1, 0.15) is 24.2 Å². The smallest absolute Gasteiger partial charge is 0.168 e. The van der Waals surface area contributed by atoms with Crippen molar-refractivity contribution in [1.82, 2.24) is 9.55 Å². The molecule has 2 rings (SSSR count). The topological polar surface area (TPSA) is 43.8 Å². The standard InChI is InChI=1S/C14H18FN3S/c1-3-12(16)13(10-5-4-6-11(15)9-10)19-14-17-7-8-18(14)2/h4-9,12-13H,3,16H2,1-2H3. The monoisotopic (exact) mass is 279 g/mol. The summed E-state index contributed by atoms with van der Waals surface area (Å²) >= 11 is 1.58. The Morgan fingerprint density at radius 2 is 2.26 bits per heavy atom. The van der Waals surface area contributed by atoms with Crippen molar-refractivity contribution in [3.63, 3.8) is 0 Å². The van der Waals surface area contributed by atoms with Crippen molar-refractivity contribution in [3.8, 4) is 0 Å². The summed E-state index contributed by atoms with van der Waals surface area (Å²) in [7, 11) is 1.94. The van der Waals surface area contributed by atoms with Gasteiger partial charge in [0, 0.05) is 25.5 Å². The molecule has 0 saturated carbocycles. The molecule has 2 atom stereocenters. The van der Waals surface area contributed by atoms with Gasteiger partial charge in [-0.2, -0.15) is 0 Å². The van der Waals surface area contributed by atoms with Crippen LogP contribution in [0.15, 0.2) is 41.8 Å². The molecule has 0 aliphatic carbocycles. The van der Waals surface area contributed by atoms with E-state index in [1.807, 2.05) is 30.8 Å². The fraction of sp³-hybridized carbons (Fsp3) is 0.357. The molecule has 2 aromatic rings. The minimum atomic E-state index is -0.230. The van der Waals surface area contributed by atoms with E-state index in [0.717, 1.165) is 17.1 Å². The molecular weight excluding hydrogens is 261 g/mol. The second-order valence-corrected chi connectivity index (χ2v) is 5.59. The SMILES string of the molecule is CCC(N)C(Sc1nccn1C)c1cccc(F)c1. The van der Waals surface area contributed by atoms with Crippen molar-refractivity contribution in [2.75, 3.05) is 0 Å². The van der Waals surface area contributed by atoms with E-state index in [9.17, 15) is 4.39 Å². The average Bonchev–Trinajstić information content (AvgIpc) is 2.80. The molecule has 3 nitrogen and oxygen atoms in total. The molecular formula is C14H18FN3S. The summed E-state index contributed by atoms with van der Waals surface area (Å²) in [6.07, 6.45) is 4.48. The number of benzene rings is 1. The van der Waals surface area contributed by atoms with E-state index in [0.29, 0.717) is 0 Å². The Bertz CT molecular complexity index is 541. The summed E-state index contributed by atoms with van der Waals surface area (Å²) in [5.74, 6) is -0.230. The number of aromatic nitrogens is 2. The van der Waals surface area contributed by atoms with Crippen LogP contribution in [0, 0.1) is 5.82 Å². The van der Waals surface area contributed by atoms with Gasteiger partial charge < -0.3 is 10.3 Å². The third kappa shape index (κ3) is 3.36. The summed E-state index contributed by atoms with van der Waals surface area (Å²) in [4.78, 5) is 4.30. The van der Waals surface area contributed by atoms with Crippen molar-refractivity contribution < 1.29 is 4.39 Å². The van der Waals surface area contributed by atoms with Gasteiger partial charge >= 0.3 is 0 Å². The zero-order valence-corrected chi connectivity index (χ0v) is 11.9. The second kappa shape index (κ2) is 6.21. The van der Waals surface area contributed by atoms with Gasteiger partial charge in [0.05, 0.1) is 5.25 Å². The molecule has 0 radical (unpaired) electrons. The van der Waals surface area contributed by atoms with Crippen LogP contribution < -0.4 is 5.73 Å². The highest BCUT2D eigenvalue weighted by Gasteiger charge is 2.22. The molecule has 2 unspecified atom stereocenters. The molecule has 0 saturated heterocycles. The lowest BCUT2D eigenvalue weighted by molar-refractivity contribution is 0.608. The molecule has 2 N–H and O–H groups in total. The molecule has 5 heteroatoms. The maximum absolute atomic E-state index is 13.4. The summed E-state index contributed by atoms with van der Waals surface area (Å²) in [5.41, 5.74) is 7.09. The highest BCUT2D eigenvalue weighted by molar-refractivity contribution is 7.99. The van der Waals surface area contributed by atoms with Gasteiger partial charge in [-0.3, -0.25) is 0 Å². The summed E-state index contributed by atoms with van der Waals surface area (Å²) in [6.45, 7) is 2.04. The van der Waals surface area contributed by atoms with Crippen LogP contribution in [-0.2, 0) is 7.05 Å².